The van der Waals surface area contributed by atoms with Crippen molar-refractivity contribution in [2.75, 3.05) is 14.1 Å². The third-order valence-corrected chi connectivity index (χ3v) is 7.17. The lowest BCUT2D eigenvalue weighted by Crippen LogP contribution is -2.67. The molecule has 0 N–H and O–H groups in total. The van der Waals surface area contributed by atoms with Gasteiger partial charge in [-0.05, 0) is 18.0 Å². The zero-order valence-electron chi connectivity index (χ0n) is 19.9. The van der Waals surface area contributed by atoms with Crippen LogP contribution in [0.15, 0.2) is 58.4 Å². The largest absolute Gasteiger partial charge is 0.860 e. The van der Waals surface area contributed by atoms with Gasteiger partial charge in [0.1, 0.15) is 11.6 Å². The average Bonchev–Trinajstić information content (AvgIpc) is 3.20. The van der Waals surface area contributed by atoms with Crippen LogP contribution >= 0.6 is 0 Å². The molecule has 0 aromatic carbocycles. The summed E-state index contributed by atoms with van der Waals surface area (Å²) in [6, 6.07) is 7.99. The van der Waals surface area contributed by atoms with Crippen molar-refractivity contribution >= 4 is 17.8 Å². The van der Waals surface area contributed by atoms with E-state index in [0.29, 0.717) is 11.4 Å². The van der Waals surface area contributed by atoms with Crippen molar-refractivity contribution in [3.05, 3.63) is 86.6 Å². The molecule has 2 unspecified atom stereocenters. The molecular weight excluding hydrogens is 468 g/mol. The van der Waals surface area contributed by atoms with E-state index in [-0.39, 0.29) is 0 Å². The highest BCUT2D eigenvalue weighted by atomic mass is 16.3. The minimum absolute atomic E-state index is 0.318. The molecule has 36 heavy (non-hydrogen) atoms. The van der Waals surface area contributed by atoms with Gasteiger partial charge in [0.05, 0.1) is 0 Å². The van der Waals surface area contributed by atoms with Crippen LogP contribution in [0.2, 0.25) is 0 Å². The second kappa shape index (κ2) is 7.70. The van der Waals surface area contributed by atoms with Crippen molar-refractivity contribution < 1.29 is 24.1 Å². The van der Waals surface area contributed by atoms with Gasteiger partial charge in [0, 0.05) is 52.1 Å². The van der Waals surface area contributed by atoms with Gasteiger partial charge in [0.15, 0.2) is 11.9 Å². The number of rotatable bonds is 2. The van der Waals surface area contributed by atoms with Gasteiger partial charge in [0.2, 0.25) is 11.5 Å². The number of aromatic nitrogens is 4. The predicted molar refractivity (Wildman–Crippen MR) is 121 cm³/mol. The van der Waals surface area contributed by atoms with Crippen molar-refractivity contribution in [2.24, 2.45) is 19.5 Å². The van der Waals surface area contributed by atoms with E-state index in [2.05, 4.69) is 4.98 Å². The SMILES string of the molecule is CN1C(=O)N(C)C(=O)C2(C1=O)C(c1c([O-])n(C)c(=O)n(C)c1=O)c1cccc[n+]1C2c1ccccn1. The Morgan fingerprint density at radius 2 is 1.53 bits per heavy atom. The maximum absolute atomic E-state index is 14.1. The lowest BCUT2D eigenvalue weighted by Gasteiger charge is -2.42. The topological polar surface area (TPSA) is 142 Å². The van der Waals surface area contributed by atoms with E-state index in [1.165, 1.54) is 34.4 Å². The Bertz CT molecular complexity index is 1550. The van der Waals surface area contributed by atoms with Gasteiger partial charge >= 0.3 is 11.7 Å². The number of fused-ring (bicyclic) bond motifs is 1. The van der Waals surface area contributed by atoms with Gasteiger partial charge in [-0.15, -0.1) is 0 Å². The van der Waals surface area contributed by atoms with Crippen LogP contribution in [0.5, 0.6) is 5.88 Å². The summed E-state index contributed by atoms with van der Waals surface area (Å²) < 4.78 is 3.16. The molecule has 2 aliphatic rings. The monoisotopic (exact) mass is 490 g/mol. The van der Waals surface area contributed by atoms with Gasteiger partial charge in [-0.25, -0.2) is 9.59 Å². The summed E-state index contributed by atoms with van der Waals surface area (Å²) in [5.41, 5.74) is -3.69. The Hall–Kier alpha value is -4.61. The molecule has 184 valence electrons. The van der Waals surface area contributed by atoms with Crippen molar-refractivity contribution in [2.45, 2.75) is 12.0 Å². The lowest BCUT2D eigenvalue weighted by atomic mass is 9.65. The number of nitrogens with zero attached hydrogens (tertiary/aromatic N) is 6. The third kappa shape index (κ3) is 2.66. The quantitative estimate of drug-likeness (QED) is 0.318. The molecule has 12 heteroatoms. The second-order valence-corrected chi connectivity index (χ2v) is 8.93. The predicted octanol–water partition coefficient (Wildman–Crippen LogP) is -1.39. The van der Waals surface area contributed by atoms with E-state index in [1.807, 2.05) is 0 Å². The number of carbonyl (C=O) groups is 3. The highest BCUT2D eigenvalue weighted by Gasteiger charge is 2.74. The van der Waals surface area contributed by atoms with Crippen LogP contribution in [0.1, 0.15) is 28.9 Å². The molecule has 0 bridgehead atoms. The third-order valence-electron chi connectivity index (χ3n) is 7.17. The first kappa shape index (κ1) is 23.1. The first-order chi connectivity index (χ1) is 17.1. The van der Waals surface area contributed by atoms with Gasteiger partial charge < -0.3 is 9.67 Å². The van der Waals surface area contributed by atoms with Crippen LogP contribution in [-0.4, -0.2) is 55.9 Å². The fourth-order valence-electron chi connectivity index (χ4n) is 5.47. The van der Waals surface area contributed by atoms with Crippen LogP contribution in [-0.2, 0) is 23.7 Å². The standard InChI is InChI=1S/C24H22N6O6/c1-26-18(31)15(19(32)27(2)22(26)35)16-14-10-6-8-12-30(14)17(13-9-5-7-11-25-13)24(16)20(33)28(3)23(36)29(4)21(24)34/h5-12,16-17H,1-4H3. The van der Waals surface area contributed by atoms with Gasteiger partial charge in [-0.2, -0.15) is 4.57 Å². The molecule has 3 aromatic heterocycles. The molecule has 1 spiro atoms. The van der Waals surface area contributed by atoms with E-state index in [0.717, 1.165) is 18.9 Å². The molecule has 4 amide bonds. The van der Waals surface area contributed by atoms with Crippen molar-refractivity contribution in [3.8, 4) is 5.88 Å². The summed E-state index contributed by atoms with van der Waals surface area (Å²) in [5, 5.41) is 13.5. The first-order valence-corrected chi connectivity index (χ1v) is 11.0. The Kier molecular flexibility index (Phi) is 4.95. The summed E-state index contributed by atoms with van der Waals surface area (Å²) in [4.78, 5) is 73.0. The Morgan fingerprint density at radius 1 is 0.889 bits per heavy atom. The highest BCUT2D eigenvalue weighted by Crippen LogP contribution is 2.56. The summed E-state index contributed by atoms with van der Waals surface area (Å²) in [5.74, 6) is -4.10. The minimum Gasteiger partial charge on any atom is -0.860 e. The number of hydrogen-bond donors (Lipinski definition) is 0. The normalized spacial score (nSPS) is 20.8. The Morgan fingerprint density at radius 3 is 2.14 bits per heavy atom. The number of hydrogen-bond acceptors (Lipinski definition) is 7. The summed E-state index contributed by atoms with van der Waals surface area (Å²) >= 11 is 0. The van der Waals surface area contributed by atoms with E-state index in [1.54, 1.807) is 47.2 Å². The average molecular weight is 490 g/mol. The maximum atomic E-state index is 14.1. The van der Waals surface area contributed by atoms with Crippen LogP contribution in [0.4, 0.5) is 4.79 Å². The van der Waals surface area contributed by atoms with Crippen molar-refractivity contribution in [1.29, 1.82) is 0 Å². The van der Waals surface area contributed by atoms with Gasteiger partial charge in [-0.1, -0.05) is 12.1 Å². The molecule has 1 fully saturated rings. The minimum atomic E-state index is -2.15. The molecule has 1 saturated heterocycles. The van der Waals surface area contributed by atoms with Gasteiger partial charge in [0.25, 0.3) is 17.4 Å². The fraction of sp³-hybridized carbons (Fsp3) is 0.292. The van der Waals surface area contributed by atoms with Crippen molar-refractivity contribution in [1.82, 2.24) is 23.9 Å². The molecule has 12 nitrogen and oxygen atoms in total. The maximum Gasteiger partial charge on any atom is 0.332 e. The van der Waals surface area contributed by atoms with E-state index in [9.17, 15) is 29.1 Å². The molecule has 2 aliphatic heterocycles. The number of barbiturate groups is 1. The number of urea groups is 1. The molecule has 5 heterocycles. The summed E-state index contributed by atoms with van der Waals surface area (Å²) in [6.45, 7) is 0. The van der Waals surface area contributed by atoms with Gasteiger partial charge in [-0.3, -0.25) is 33.7 Å². The first-order valence-electron chi connectivity index (χ1n) is 11.0. The number of carbonyl (C=O) groups excluding carboxylic acids is 3. The molecule has 0 aliphatic carbocycles. The summed E-state index contributed by atoms with van der Waals surface area (Å²) in [7, 11) is 4.92. The molecule has 5 rings (SSSR count). The van der Waals surface area contributed by atoms with Crippen molar-refractivity contribution in [3.63, 3.8) is 0 Å². The zero-order chi connectivity index (χ0) is 26.1. The molecule has 2 atom stereocenters. The highest BCUT2D eigenvalue weighted by molar-refractivity contribution is 6.20. The Labute approximate surface area is 204 Å². The smallest absolute Gasteiger partial charge is 0.332 e. The Balaban J connectivity index is 1.99. The summed E-state index contributed by atoms with van der Waals surface area (Å²) in [6.07, 6.45) is 3.13. The molecular formula is C24H22N6O6. The molecule has 0 radical (unpaired) electrons. The molecule has 3 aromatic rings. The molecule has 0 saturated carbocycles. The van der Waals surface area contributed by atoms with E-state index < -0.39 is 57.9 Å². The van der Waals surface area contributed by atoms with Crippen LogP contribution < -0.4 is 20.9 Å². The second-order valence-electron chi connectivity index (χ2n) is 8.93. The van der Waals surface area contributed by atoms with E-state index >= 15 is 0 Å². The lowest BCUT2D eigenvalue weighted by molar-refractivity contribution is -0.713. The number of pyridine rings is 2. The zero-order valence-corrected chi connectivity index (χ0v) is 19.9. The number of amides is 4. The van der Waals surface area contributed by atoms with Crippen LogP contribution in [0.25, 0.3) is 0 Å². The fourth-order valence-corrected chi connectivity index (χ4v) is 5.47. The van der Waals surface area contributed by atoms with Crippen LogP contribution in [0.3, 0.4) is 0 Å². The van der Waals surface area contributed by atoms with E-state index in [4.69, 9.17) is 0 Å². The number of imide groups is 2. The van der Waals surface area contributed by atoms with Crippen LogP contribution in [0, 0.1) is 5.41 Å².